The molecule has 0 radical (unpaired) electrons. The molecule has 0 fully saturated rings. The Bertz CT molecular complexity index is 751. The van der Waals surface area contributed by atoms with Gasteiger partial charge in [0.15, 0.2) is 5.65 Å². The highest BCUT2D eigenvalue weighted by Crippen LogP contribution is 2.31. The Morgan fingerprint density at radius 2 is 1.95 bits per heavy atom. The van der Waals surface area contributed by atoms with Gasteiger partial charge in [-0.05, 0) is 30.3 Å². The van der Waals surface area contributed by atoms with Gasteiger partial charge in [-0.1, -0.05) is 0 Å². The number of aromatic nitrogens is 3. The van der Waals surface area contributed by atoms with E-state index in [0.29, 0.717) is 22.9 Å². The molecule has 0 aliphatic rings. The van der Waals surface area contributed by atoms with Crippen molar-refractivity contribution in [3.05, 3.63) is 30.3 Å². The van der Waals surface area contributed by atoms with Crippen molar-refractivity contribution in [2.24, 2.45) is 0 Å². The fraction of sp³-hybridized carbons (Fsp3) is 0.0769. The minimum absolute atomic E-state index is 0.0469. The molecule has 2 heterocycles. The van der Waals surface area contributed by atoms with Crippen molar-refractivity contribution in [1.82, 2.24) is 15.0 Å². The number of hydrogen-bond acceptors (Lipinski definition) is 5. The van der Waals surface area contributed by atoms with Gasteiger partial charge in [0, 0.05) is 7.05 Å². The zero-order valence-electron chi connectivity index (χ0n) is 10.2. The summed E-state index contributed by atoms with van der Waals surface area (Å²) in [5, 5.41) is 22.2. The molecular formula is C13H12N4O2. The van der Waals surface area contributed by atoms with Gasteiger partial charge in [0.1, 0.15) is 23.1 Å². The summed E-state index contributed by atoms with van der Waals surface area (Å²) in [4.78, 5) is 11.7. The molecule has 0 atom stereocenters. The molecule has 1 aromatic carbocycles. The summed E-state index contributed by atoms with van der Waals surface area (Å²) >= 11 is 0. The predicted octanol–water partition coefficient (Wildman–Crippen LogP) is 2.08. The van der Waals surface area contributed by atoms with E-state index >= 15 is 0 Å². The second-order valence-electron chi connectivity index (χ2n) is 4.10. The summed E-state index contributed by atoms with van der Waals surface area (Å²) in [5.74, 6) is 1.29. The number of nitrogens with one attached hydrogen (secondary N) is 2. The van der Waals surface area contributed by atoms with Gasteiger partial charge in [-0.25, -0.2) is 9.97 Å². The summed E-state index contributed by atoms with van der Waals surface area (Å²) < 4.78 is 0. The number of nitrogens with zero attached hydrogens (tertiary/aromatic N) is 2. The van der Waals surface area contributed by atoms with Crippen LogP contribution in [-0.4, -0.2) is 32.2 Å². The van der Waals surface area contributed by atoms with E-state index in [2.05, 4.69) is 20.3 Å². The van der Waals surface area contributed by atoms with E-state index in [9.17, 15) is 10.2 Å². The fourth-order valence-electron chi connectivity index (χ4n) is 1.87. The van der Waals surface area contributed by atoms with E-state index in [1.54, 1.807) is 7.05 Å². The van der Waals surface area contributed by atoms with E-state index in [-0.39, 0.29) is 11.5 Å². The number of benzene rings is 1. The van der Waals surface area contributed by atoms with Crippen LogP contribution in [0.4, 0.5) is 5.82 Å². The maximum atomic E-state index is 9.81. The number of aromatic hydroxyl groups is 2. The number of anilines is 1. The molecule has 0 saturated carbocycles. The third kappa shape index (κ3) is 1.93. The second kappa shape index (κ2) is 4.16. The van der Waals surface area contributed by atoms with Crippen LogP contribution >= 0.6 is 0 Å². The Morgan fingerprint density at radius 3 is 2.74 bits per heavy atom. The second-order valence-corrected chi connectivity index (χ2v) is 4.10. The van der Waals surface area contributed by atoms with Crippen molar-refractivity contribution in [3.8, 4) is 22.9 Å². The third-order valence-corrected chi connectivity index (χ3v) is 2.84. The van der Waals surface area contributed by atoms with Crippen molar-refractivity contribution in [2.75, 3.05) is 12.4 Å². The third-order valence-electron chi connectivity index (χ3n) is 2.84. The van der Waals surface area contributed by atoms with Crippen LogP contribution in [0.3, 0.4) is 0 Å². The molecule has 0 aliphatic heterocycles. The van der Waals surface area contributed by atoms with Crippen LogP contribution < -0.4 is 5.32 Å². The minimum atomic E-state index is 0.0469. The molecule has 6 nitrogen and oxygen atoms in total. The molecule has 3 rings (SSSR count). The van der Waals surface area contributed by atoms with Crippen LogP contribution in [0.5, 0.6) is 11.5 Å². The van der Waals surface area contributed by atoms with Gasteiger partial charge in [-0.15, -0.1) is 0 Å². The SMILES string of the molecule is CNc1ccc2[nH]c(-c3cc(O)ccc3O)nc2n1. The molecular weight excluding hydrogens is 244 g/mol. The fourth-order valence-corrected chi connectivity index (χ4v) is 1.87. The number of imidazole rings is 1. The van der Waals surface area contributed by atoms with E-state index < -0.39 is 0 Å². The number of hydrogen-bond donors (Lipinski definition) is 4. The normalized spacial score (nSPS) is 10.8. The van der Waals surface area contributed by atoms with Crippen LogP contribution in [-0.2, 0) is 0 Å². The van der Waals surface area contributed by atoms with Crippen LogP contribution in [0.25, 0.3) is 22.6 Å². The maximum absolute atomic E-state index is 9.81. The van der Waals surface area contributed by atoms with Gasteiger partial charge in [-0.3, -0.25) is 0 Å². The quantitative estimate of drug-likeness (QED) is 0.527. The molecule has 0 bridgehead atoms. The first kappa shape index (κ1) is 11.3. The van der Waals surface area contributed by atoms with Gasteiger partial charge < -0.3 is 20.5 Å². The molecule has 96 valence electrons. The lowest BCUT2D eigenvalue weighted by atomic mass is 10.2. The number of H-pyrrole nitrogens is 1. The molecule has 19 heavy (non-hydrogen) atoms. The highest BCUT2D eigenvalue weighted by atomic mass is 16.3. The summed E-state index contributed by atoms with van der Waals surface area (Å²) in [6.07, 6.45) is 0. The molecule has 3 aromatic rings. The largest absolute Gasteiger partial charge is 0.508 e. The Hall–Kier alpha value is -2.76. The lowest BCUT2D eigenvalue weighted by molar-refractivity contribution is 0.461. The highest BCUT2D eigenvalue weighted by Gasteiger charge is 2.11. The topological polar surface area (TPSA) is 94.1 Å². The predicted molar refractivity (Wildman–Crippen MR) is 72.2 cm³/mol. The Labute approximate surface area is 108 Å². The molecule has 0 amide bonds. The summed E-state index contributed by atoms with van der Waals surface area (Å²) in [5.41, 5.74) is 1.74. The van der Waals surface area contributed by atoms with Crippen molar-refractivity contribution in [1.29, 1.82) is 0 Å². The lowest BCUT2D eigenvalue weighted by Gasteiger charge is -2.01. The molecule has 0 aliphatic carbocycles. The average Bonchev–Trinajstić information content (AvgIpc) is 2.83. The zero-order chi connectivity index (χ0) is 13.4. The Balaban J connectivity index is 2.17. The van der Waals surface area contributed by atoms with Gasteiger partial charge in [0.2, 0.25) is 0 Å². The van der Waals surface area contributed by atoms with Crippen LogP contribution in [0.1, 0.15) is 0 Å². The molecule has 4 N–H and O–H groups in total. The Kier molecular flexibility index (Phi) is 2.49. The summed E-state index contributed by atoms with van der Waals surface area (Å²) in [6.45, 7) is 0. The van der Waals surface area contributed by atoms with Crippen molar-refractivity contribution >= 4 is 17.0 Å². The number of rotatable bonds is 2. The highest BCUT2D eigenvalue weighted by molar-refractivity contribution is 5.79. The molecule has 0 saturated heterocycles. The number of phenolic OH excluding ortho intramolecular Hbond substituents is 2. The number of phenols is 2. The van der Waals surface area contributed by atoms with Crippen molar-refractivity contribution < 1.29 is 10.2 Å². The van der Waals surface area contributed by atoms with Crippen LogP contribution in [0.2, 0.25) is 0 Å². The first-order chi connectivity index (χ1) is 9.17. The number of aromatic amines is 1. The van der Waals surface area contributed by atoms with Gasteiger partial charge in [0.05, 0.1) is 11.1 Å². The minimum Gasteiger partial charge on any atom is -0.508 e. The van der Waals surface area contributed by atoms with Gasteiger partial charge >= 0.3 is 0 Å². The van der Waals surface area contributed by atoms with E-state index in [1.807, 2.05) is 12.1 Å². The number of pyridine rings is 1. The zero-order valence-corrected chi connectivity index (χ0v) is 10.2. The van der Waals surface area contributed by atoms with Crippen molar-refractivity contribution in [2.45, 2.75) is 0 Å². The Morgan fingerprint density at radius 1 is 1.11 bits per heavy atom. The van der Waals surface area contributed by atoms with Gasteiger partial charge in [0.25, 0.3) is 0 Å². The van der Waals surface area contributed by atoms with Gasteiger partial charge in [-0.2, -0.15) is 0 Å². The van der Waals surface area contributed by atoms with Crippen LogP contribution in [0.15, 0.2) is 30.3 Å². The standard InChI is InChI=1S/C13H12N4O2/c1-14-11-5-3-9-13(16-11)17-12(15-9)8-6-7(18)2-4-10(8)19/h2-6,18-19H,1H3,(H2,14,15,16,17). The number of fused-ring (bicyclic) bond motifs is 1. The molecule has 2 aromatic heterocycles. The average molecular weight is 256 g/mol. The first-order valence-electron chi connectivity index (χ1n) is 5.74. The van der Waals surface area contributed by atoms with Crippen molar-refractivity contribution in [3.63, 3.8) is 0 Å². The van der Waals surface area contributed by atoms with E-state index in [1.165, 1.54) is 18.2 Å². The smallest absolute Gasteiger partial charge is 0.180 e. The lowest BCUT2D eigenvalue weighted by Crippen LogP contribution is -1.91. The van der Waals surface area contributed by atoms with E-state index in [4.69, 9.17) is 0 Å². The monoisotopic (exact) mass is 256 g/mol. The molecule has 0 unspecified atom stereocenters. The summed E-state index contributed by atoms with van der Waals surface area (Å²) in [6, 6.07) is 7.96. The summed E-state index contributed by atoms with van der Waals surface area (Å²) in [7, 11) is 1.78. The first-order valence-corrected chi connectivity index (χ1v) is 5.74. The maximum Gasteiger partial charge on any atom is 0.180 e. The molecule has 6 heteroatoms. The van der Waals surface area contributed by atoms with E-state index in [0.717, 1.165) is 5.52 Å². The van der Waals surface area contributed by atoms with Crippen LogP contribution in [0, 0.1) is 0 Å². The molecule has 0 spiro atoms.